The number of carboxylic acids is 1. The van der Waals surface area contributed by atoms with Crippen LogP contribution < -0.4 is 9.64 Å². The van der Waals surface area contributed by atoms with Gasteiger partial charge in [0.1, 0.15) is 5.75 Å². The molecule has 254 valence electrons. The molecule has 1 spiro atoms. The summed E-state index contributed by atoms with van der Waals surface area (Å²) in [6.07, 6.45) is 12.4. The fourth-order valence-electron chi connectivity index (χ4n) is 8.50. The number of carboxylic acid groups (broad SMARTS) is 1. The first-order valence-corrected chi connectivity index (χ1v) is 18.9. The standard InChI is InChI=1S/C37H42ClN3O6S/c1-46-34(25-7-5-24(6-8-25)21-48(44,45)36-39-16-3-17-40-36)30-12-9-28(30)20-41-22-37(15-2-4-26-18-29(38)11-13-31(26)37)23-47-33-14-10-27(35(42)43)19-32(33)41/h3,7,10-11,13-14,16-19,24,28,30,34H,2,4-6,8-9,12,15,20-23H2,1H3,(H,42,43)/t24-,28-,30+,34+,37?/m0/s1. The summed E-state index contributed by atoms with van der Waals surface area (Å²) in [5.41, 5.74) is 4.62. The summed E-state index contributed by atoms with van der Waals surface area (Å²) in [5.74, 6) is 0.461. The Balaban J connectivity index is 1.11. The van der Waals surface area contributed by atoms with Gasteiger partial charge < -0.3 is 19.5 Å². The maximum Gasteiger partial charge on any atom is 0.335 e. The predicted molar refractivity (Wildman–Crippen MR) is 184 cm³/mol. The number of aromatic carboxylic acids is 1. The molecule has 1 aromatic heterocycles. The van der Waals surface area contributed by atoms with Gasteiger partial charge in [-0.05, 0) is 122 Å². The fraction of sp³-hybridized carbons (Fsp3) is 0.486. The van der Waals surface area contributed by atoms with E-state index in [1.54, 1.807) is 31.4 Å². The molecule has 0 saturated heterocycles. The van der Waals surface area contributed by atoms with E-state index < -0.39 is 15.8 Å². The summed E-state index contributed by atoms with van der Waals surface area (Å²) < 4.78 is 38.6. The Kier molecular flexibility index (Phi) is 9.26. The van der Waals surface area contributed by atoms with E-state index in [1.807, 2.05) is 6.07 Å². The minimum Gasteiger partial charge on any atom is -0.490 e. The molecule has 3 aromatic rings. The summed E-state index contributed by atoms with van der Waals surface area (Å²) in [6, 6.07) is 13.0. The molecular formula is C37H42ClN3O6S. The number of allylic oxidation sites excluding steroid dienone is 1. The van der Waals surface area contributed by atoms with Gasteiger partial charge in [0, 0.05) is 43.0 Å². The van der Waals surface area contributed by atoms with Gasteiger partial charge in [0.05, 0.1) is 29.7 Å². The maximum atomic E-state index is 12.9. The highest BCUT2D eigenvalue weighted by atomic mass is 35.5. The Labute approximate surface area is 287 Å². The second-order valence-corrected chi connectivity index (χ2v) is 16.3. The van der Waals surface area contributed by atoms with E-state index in [2.05, 4.69) is 33.1 Å². The zero-order valence-electron chi connectivity index (χ0n) is 27.2. The first kappa shape index (κ1) is 33.0. The van der Waals surface area contributed by atoms with E-state index in [9.17, 15) is 18.3 Å². The number of sulfone groups is 1. The van der Waals surface area contributed by atoms with Crippen LogP contribution in [0.3, 0.4) is 0 Å². The molecule has 0 bridgehead atoms. The van der Waals surface area contributed by atoms with Crippen molar-refractivity contribution in [2.45, 2.75) is 68.0 Å². The number of rotatable bonds is 9. The normalized spacial score (nSPS) is 25.9. The predicted octanol–water partition coefficient (Wildman–Crippen LogP) is 6.54. The molecule has 1 N–H and O–H groups in total. The molecule has 5 atom stereocenters. The first-order valence-electron chi connectivity index (χ1n) is 16.9. The smallest absolute Gasteiger partial charge is 0.335 e. The van der Waals surface area contributed by atoms with Crippen molar-refractivity contribution in [3.8, 4) is 5.75 Å². The van der Waals surface area contributed by atoms with E-state index in [0.717, 1.165) is 68.7 Å². The number of nitrogens with zero attached hydrogens (tertiary/aromatic N) is 3. The number of hydrogen-bond donors (Lipinski definition) is 1. The van der Waals surface area contributed by atoms with E-state index in [1.165, 1.54) is 29.1 Å². The number of aryl methyl sites for hydroxylation is 1. The van der Waals surface area contributed by atoms with Crippen LogP contribution in [0.25, 0.3) is 0 Å². The monoisotopic (exact) mass is 691 g/mol. The maximum absolute atomic E-state index is 12.9. The molecule has 48 heavy (non-hydrogen) atoms. The summed E-state index contributed by atoms with van der Waals surface area (Å²) in [7, 11) is -1.77. The van der Waals surface area contributed by atoms with Crippen molar-refractivity contribution in [2.24, 2.45) is 17.8 Å². The van der Waals surface area contributed by atoms with Crippen LogP contribution in [0.1, 0.15) is 66.4 Å². The van der Waals surface area contributed by atoms with Crippen molar-refractivity contribution < 1.29 is 27.8 Å². The van der Waals surface area contributed by atoms with Gasteiger partial charge in [-0.2, -0.15) is 0 Å². The minimum atomic E-state index is -3.55. The molecular weight excluding hydrogens is 650 g/mol. The van der Waals surface area contributed by atoms with Crippen molar-refractivity contribution in [1.82, 2.24) is 9.97 Å². The molecule has 9 nitrogen and oxygen atoms in total. The van der Waals surface area contributed by atoms with E-state index >= 15 is 0 Å². The lowest BCUT2D eigenvalue weighted by molar-refractivity contribution is 0.00323. The quantitative estimate of drug-likeness (QED) is 0.197. The summed E-state index contributed by atoms with van der Waals surface area (Å²) in [5, 5.41) is 10.5. The number of hydrogen-bond acceptors (Lipinski definition) is 8. The second-order valence-electron chi connectivity index (χ2n) is 14.0. The molecule has 1 fully saturated rings. The molecule has 4 aliphatic rings. The van der Waals surface area contributed by atoms with Gasteiger partial charge in [0.25, 0.3) is 0 Å². The minimum absolute atomic E-state index is 0.0127. The Morgan fingerprint density at radius 2 is 1.98 bits per heavy atom. The third-order valence-electron chi connectivity index (χ3n) is 11.1. The Morgan fingerprint density at radius 3 is 2.69 bits per heavy atom. The lowest BCUT2D eigenvalue weighted by atomic mass is 9.66. The molecule has 7 rings (SSSR count). The van der Waals surface area contributed by atoms with Gasteiger partial charge in [-0.1, -0.05) is 23.7 Å². The van der Waals surface area contributed by atoms with Gasteiger partial charge in [-0.3, -0.25) is 0 Å². The molecule has 2 aromatic carbocycles. The Morgan fingerprint density at radius 1 is 1.15 bits per heavy atom. The van der Waals surface area contributed by atoms with Crippen LogP contribution in [0.4, 0.5) is 5.69 Å². The molecule has 3 aliphatic carbocycles. The second kappa shape index (κ2) is 13.4. The van der Waals surface area contributed by atoms with E-state index in [-0.39, 0.29) is 33.9 Å². The number of methoxy groups -OCH3 is 1. The van der Waals surface area contributed by atoms with Crippen molar-refractivity contribution in [3.63, 3.8) is 0 Å². The molecule has 2 heterocycles. The Bertz CT molecular complexity index is 1820. The first-order chi connectivity index (χ1) is 23.2. The number of benzene rings is 2. The Hall–Kier alpha value is -3.47. The van der Waals surface area contributed by atoms with Crippen LogP contribution in [-0.2, 0) is 26.4 Å². The lowest BCUT2D eigenvalue weighted by Gasteiger charge is -2.47. The number of ether oxygens (including phenoxy) is 2. The zero-order valence-corrected chi connectivity index (χ0v) is 28.8. The third-order valence-corrected chi connectivity index (χ3v) is 13.0. The SMILES string of the molecule is CO[C@H](C1=CC[C@H](CS(=O)(=O)c2ncccn2)CC1)[C@@H]1CC[C@H]1CN1CC2(CCCc3cc(Cl)ccc32)COc2ccc(C(=O)O)cc21. The van der Waals surface area contributed by atoms with Crippen molar-refractivity contribution in [3.05, 3.63) is 88.2 Å². The van der Waals surface area contributed by atoms with Crippen LogP contribution in [0.2, 0.25) is 5.02 Å². The van der Waals surface area contributed by atoms with Gasteiger partial charge in [0.2, 0.25) is 15.0 Å². The lowest BCUT2D eigenvalue weighted by Crippen LogP contribution is -2.50. The van der Waals surface area contributed by atoms with Crippen LogP contribution in [0.15, 0.2) is 71.7 Å². The molecule has 0 amide bonds. The highest BCUT2D eigenvalue weighted by Gasteiger charge is 2.45. The van der Waals surface area contributed by atoms with Gasteiger partial charge >= 0.3 is 5.97 Å². The van der Waals surface area contributed by atoms with Crippen molar-refractivity contribution in [1.29, 1.82) is 0 Å². The van der Waals surface area contributed by atoms with Gasteiger partial charge in [-0.25, -0.2) is 23.2 Å². The molecule has 11 heteroatoms. The molecule has 1 unspecified atom stereocenters. The average molecular weight is 692 g/mol. The average Bonchev–Trinajstić information content (AvgIpc) is 3.23. The number of aromatic nitrogens is 2. The van der Waals surface area contributed by atoms with E-state index in [0.29, 0.717) is 30.6 Å². The van der Waals surface area contributed by atoms with Crippen molar-refractivity contribution >= 4 is 33.1 Å². The van der Waals surface area contributed by atoms with Crippen LogP contribution in [0.5, 0.6) is 5.75 Å². The highest BCUT2D eigenvalue weighted by Crippen LogP contribution is 2.48. The summed E-state index contributed by atoms with van der Waals surface area (Å²) in [6.45, 7) is 2.01. The van der Waals surface area contributed by atoms with Crippen LogP contribution in [0, 0.1) is 17.8 Å². The van der Waals surface area contributed by atoms with E-state index in [4.69, 9.17) is 21.1 Å². The summed E-state index contributed by atoms with van der Waals surface area (Å²) in [4.78, 5) is 22.4. The topological polar surface area (TPSA) is 119 Å². The largest absolute Gasteiger partial charge is 0.490 e. The number of halogens is 1. The number of fused-ring (bicyclic) bond motifs is 3. The molecule has 1 aliphatic heterocycles. The molecule has 0 radical (unpaired) electrons. The van der Waals surface area contributed by atoms with Gasteiger partial charge in [0.15, 0.2) is 0 Å². The van der Waals surface area contributed by atoms with Crippen LogP contribution in [-0.4, -0.2) is 68.1 Å². The highest BCUT2D eigenvalue weighted by molar-refractivity contribution is 7.91. The number of carbonyl (C=O) groups is 1. The summed E-state index contributed by atoms with van der Waals surface area (Å²) >= 11 is 6.42. The fourth-order valence-corrected chi connectivity index (χ4v) is 10.2. The van der Waals surface area contributed by atoms with Gasteiger partial charge in [-0.15, -0.1) is 0 Å². The third kappa shape index (κ3) is 6.46. The van der Waals surface area contributed by atoms with Crippen molar-refractivity contribution in [2.75, 3.05) is 37.5 Å². The number of anilines is 1. The zero-order chi connectivity index (χ0) is 33.5. The molecule has 1 saturated carbocycles. The van der Waals surface area contributed by atoms with Crippen LogP contribution >= 0.6 is 11.6 Å².